The van der Waals surface area contributed by atoms with Crippen molar-refractivity contribution in [1.29, 1.82) is 0 Å². The Morgan fingerprint density at radius 2 is 1.83 bits per heavy atom. The van der Waals surface area contributed by atoms with Crippen molar-refractivity contribution in [3.05, 3.63) is 12.2 Å². The van der Waals surface area contributed by atoms with Crippen LogP contribution in [0, 0.1) is 41.4 Å². The fourth-order valence-electron chi connectivity index (χ4n) is 7.02. The summed E-state index contributed by atoms with van der Waals surface area (Å²) in [6.07, 6.45) is 24.1. The summed E-state index contributed by atoms with van der Waals surface area (Å²) in [6, 6.07) is 0. The molecular weight excluding hydrogens is 380 g/mol. The quantitative estimate of drug-likeness (QED) is 0.293. The van der Waals surface area contributed by atoms with Gasteiger partial charge >= 0.3 is 0 Å². The van der Waals surface area contributed by atoms with E-state index in [0.717, 1.165) is 51.9 Å². The molecule has 0 aromatic heterocycles. The third-order valence-corrected chi connectivity index (χ3v) is 10.8. The maximum Gasteiger partial charge on any atom is 0.00916 e. The molecule has 0 aromatic rings. The Balaban J connectivity index is 1.47. The van der Waals surface area contributed by atoms with Crippen molar-refractivity contribution in [3.8, 4) is 0 Å². The van der Waals surface area contributed by atoms with Gasteiger partial charge in [-0.1, -0.05) is 85.3 Å². The number of allylic oxidation sites excluding steroid dienone is 2. The van der Waals surface area contributed by atoms with Crippen LogP contribution in [-0.4, -0.2) is 10.5 Å². The monoisotopic (exact) mass is 432 g/mol. The summed E-state index contributed by atoms with van der Waals surface area (Å²) in [5.74, 6) is 6.66. The van der Waals surface area contributed by atoms with Crippen molar-refractivity contribution in [2.45, 2.75) is 129 Å². The first-order valence-corrected chi connectivity index (χ1v) is 14.8. The molecule has 1 heterocycles. The van der Waals surface area contributed by atoms with E-state index in [1.807, 2.05) is 0 Å². The van der Waals surface area contributed by atoms with Crippen LogP contribution in [0.3, 0.4) is 0 Å². The Labute approximate surface area is 193 Å². The van der Waals surface area contributed by atoms with Crippen LogP contribution in [0.15, 0.2) is 12.2 Å². The summed E-state index contributed by atoms with van der Waals surface area (Å²) < 4.78 is 0. The van der Waals surface area contributed by atoms with Crippen molar-refractivity contribution < 1.29 is 0 Å². The minimum atomic E-state index is 0.869. The first kappa shape index (κ1) is 24.7. The highest BCUT2D eigenvalue weighted by atomic mass is 32.2. The van der Waals surface area contributed by atoms with Crippen LogP contribution in [0.2, 0.25) is 0 Å². The largest absolute Gasteiger partial charge is 0.154 e. The highest BCUT2D eigenvalue weighted by Gasteiger charge is 2.46. The smallest absolute Gasteiger partial charge is 0.00916 e. The first-order valence-electron chi connectivity index (χ1n) is 13.8. The standard InChI is InChI=1S/C29H52S/c1-6-11-25(18-21(3)4)26-16-17-28-27(20-26)29(30-28)19-23(7-2)13-10-15-24-14-9-8-12-22(24)5/h10,15,21-29H,6-9,11-14,16-20H2,1-5H3. The zero-order chi connectivity index (χ0) is 21.5. The average molecular weight is 433 g/mol. The van der Waals surface area contributed by atoms with Crippen LogP contribution in [0.4, 0.5) is 0 Å². The molecule has 3 aliphatic rings. The van der Waals surface area contributed by atoms with Gasteiger partial charge in [0.15, 0.2) is 0 Å². The molecule has 1 heteroatoms. The fraction of sp³-hybridized carbons (Fsp3) is 0.931. The molecule has 0 radical (unpaired) electrons. The van der Waals surface area contributed by atoms with Crippen molar-refractivity contribution >= 4 is 11.8 Å². The Kier molecular flexibility index (Phi) is 10.2. The minimum Gasteiger partial charge on any atom is -0.154 e. The summed E-state index contributed by atoms with van der Waals surface area (Å²) >= 11 is 2.38. The van der Waals surface area contributed by atoms with Crippen molar-refractivity contribution in [2.75, 3.05) is 0 Å². The van der Waals surface area contributed by atoms with Gasteiger partial charge < -0.3 is 0 Å². The highest BCUT2D eigenvalue weighted by molar-refractivity contribution is 8.01. The van der Waals surface area contributed by atoms with Gasteiger partial charge in [-0.2, -0.15) is 11.8 Å². The molecule has 2 saturated carbocycles. The zero-order valence-corrected chi connectivity index (χ0v) is 21.8. The third kappa shape index (κ3) is 6.79. The van der Waals surface area contributed by atoms with Gasteiger partial charge in [-0.3, -0.25) is 0 Å². The molecule has 3 rings (SSSR count). The van der Waals surface area contributed by atoms with Crippen molar-refractivity contribution in [2.24, 2.45) is 41.4 Å². The lowest BCUT2D eigenvalue weighted by Gasteiger charge is -2.52. The predicted octanol–water partition coefficient (Wildman–Crippen LogP) is 9.54. The molecule has 30 heavy (non-hydrogen) atoms. The van der Waals surface area contributed by atoms with Gasteiger partial charge in [0.1, 0.15) is 0 Å². The second-order valence-electron chi connectivity index (χ2n) is 11.7. The fourth-order valence-corrected chi connectivity index (χ4v) is 8.86. The van der Waals surface area contributed by atoms with Crippen LogP contribution in [-0.2, 0) is 0 Å². The van der Waals surface area contributed by atoms with Gasteiger partial charge in [0.05, 0.1) is 0 Å². The van der Waals surface area contributed by atoms with E-state index in [2.05, 4.69) is 58.5 Å². The Hall–Kier alpha value is 0.0900. The molecule has 1 saturated heterocycles. The van der Waals surface area contributed by atoms with Crippen molar-refractivity contribution in [3.63, 3.8) is 0 Å². The summed E-state index contributed by atoms with van der Waals surface area (Å²) in [7, 11) is 0. The number of thioether (sulfide) groups is 1. The lowest BCUT2D eigenvalue weighted by Crippen LogP contribution is -2.46. The molecular formula is C29H52S. The maximum absolute atomic E-state index is 2.61. The van der Waals surface area contributed by atoms with Crippen LogP contribution in [0.25, 0.3) is 0 Å². The number of hydrogen-bond acceptors (Lipinski definition) is 1. The Morgan fingerprint density at radius 1 is 1.03 bits per heavy atom. The second kappa shape index (κ2) is 12.4. The average Bonchev–Trinajstić information content (AvgIpc) is 2.71. The summed E-state index contributed by atoms with van der Waals surface area (Å²) in [4.78, 5) is 0. The van der Waals surface area contributed by atoms with E-state index in [0.29, 0.717) is 0 Å². The summed E-state index contributed by atoms with van der Waals surface area (Å²) in [5.41, 5.74) is 0. The lowest BCUT2D eigenvalue weighted by atomic mass is 9.69. The molecule has 174 valence electrons. The van der Waals surface area contributed by atoms with Gasteiger partial charge in [-0.25, -0.2) is 0 Å². The van der Waals surface area contributed by atoms with E-state index in [1.54, 1.807) is 6.42 Å². The van der Waals surface area contributed by atoms with Crippen LogP contribution in [0.1, 0.15) is 118 Å². The van der Waals surface area contributed by atoms with Gasteiger partial charge in [0.25, 0.3) is 0 Å². The molecule has 1 aliphatic heterocycles. The molecule has 0 bridgehead atoms. The van der Waals surface area contributed by atoms with E-state index in [-0.39, 0.29) is 0 Å². The minimum absolute atomic E-state index is 0.869. The van der Waals surface area contributed by atoms with E-state index in [4.69, 9.17) is 0 Å². The summed E-state index contributed by atoms with van der Waals surface area (Å²) in [6.45, 7) is 12.2. The van der Waals surface area contributed by atoms with Crippen LogP contribution >= 0.6 is 11.8 Å². The van der Waals surface area contributed by atoms with E-state index in [1.165, 1.54) is 77.0 Å². The molecule has 8 atom stereocenters. The van der Waals surface area contributed by atoms with Crippen molar-refractivity contribution in [1.82, 2.24) is 0 Å². The topological polar surface area (TPSA) is 0 Å². The first-order chi connectivity index (χ1) is 14.5. The third-order valence-electron chi connectivity index (χ3n) is 8.98. The number of fused-ring (bicyclic) bond motifs is 1. The molecule has 8 unspecified atom stereocenters. The molecule has 0 aromatic carbocycles. The van der Waals surface area contributed by atoms with Gasteiger partial charge in [-0.05, 0) is 86.4 Å². The molecule has 0 spiro atoms. The van der Waals surface area contributed by atoms with E-state index < -0.39 is 0 Å². The normalized spacial score (nSPS) is 36.5. The van der Waals surface area contributed by atoms with Gasteiger partial charge in [0.2, 0.25) is 0 Å². The molecule has 3 fully saturated rings. The Bertz CT molecular complexity index is 508. The predicted molar refractivity (Wildman–Crippen MR) is 137 cm³/mol. The molecule has 0 nitrogen and oxygen atoms in total. The molecule has 0 amide bonds. The number of rotatable bonds is 11. The molecule has 0 N–H and O–H groups in total. The zero-order valence-electron chi connectivity index (χ0n) is 21.0. The van der Waals surface area contributed by atoms with Crippen LogP contribution in [0.5, 0.6) is 0 Å². The maximum atomic E-state index is 2.61. The molecule has 2 aliphatic carbocycles. The van der Waals surface area contributed by atoms with E-state index in [9.17, 15) is 0 Å². The SMILES string of the molecule is CCCC(CC(C)C)C1CCC2SC(CC(CC)CC=CC3CCCCC3C)C2C1. The second-order valence-corrected chi connectivity index (χ2v) is 13.2. The highest BCUT2D eigenvalue weighted by Crippen LogP contribution is 2.55. The van der Waals surface area contributed by atoms with E-state index >= 15 is 0 Å². The van der Waals surface area contributed by atoms with Gasteiger partial charge in [0, 0.05) is 10.5 Å². The van der Waals surface area contributed by atoms with Gasteiger partial charge in [-0.15, -0.1) is 0 Å². The number of hydrogen-bond donors (Lipinski definition) is 0. The Morgan fingerprint density at radius 3 is 2.53 bits per heavy atom. The lowest BCUT2D eigenvalue weighted by molar-refractivity contribution is 0.152. The summed E-state index contributed by atoms with van der Waals surface area (Å²) in [5, 5.41) is 2.00. The van der Waals surface area contributed by atoms with Crippen LogP contribution < -0.4 is 0 Å².